The Labute approximate surface area is 157 Å². The standard InChI is InChI=1S/C22H24F3NO/c23-20-6-2-1-5-19(20)17-10-8-16(9-11-17)4-3-7-21(27)26-18-12-14-22(24,25)15-13-18/h1-2,5-6,8-11,18H,3-4,7,12-15H2,(H,26,27). The van der Waals surface area contributed by atoms with Gasteiger partial charge < -0.3 is 5.32 Å². The normalized spacial score (nSPS) is 16.9. The maximum Gasteiger partial charge on any atom is 0.248 e. The molecule has 1 amide bonds. The molecule has 1 aliphatic carbocycles. The number of carbonyl (C=O) groups is 1. The van der Waals surface area contributed by atoms with Gasteiger partial charge in [0, 0.05) is 30.9 Å². The Kier molecular flexibility index (Phi) is 6.19. The van der Waals surface area contributed by atoms with E-state index in [-0.39, 0.29) is 30.6 Å². The molecular formula is C22H24F3NO. The third-order valence-electron chi connectivity index (χ3n) is 5.09. The Morgan fingerprint density at radius 2 is 1.70 bits per heavy atom. The van der Waals surface area contributed by atoms with Crippen molar-refractivity contribution in [2.45, 2.75) is 56.9 Å². The smallest absolute Gasteiger partial charge is 0.248 e. The highest BCUT2D eigenvalue weighted by atomic mass is 19.3. The zero-order chi connectivity index (χ0) is 19.3. The minimum absolute atomic E-state index is 0.0757. The van der Waals surface area contributed by atoms with E-state index >= 15 is 0 Å². The van der Waals surface area contributed by atoms with Crippen molar-refractivity contribution in [1.82, 2.24) is 5.32 Å². The molecule has 3 rings (SSSR count). The van der Waals surface area contributed by atoms with E-state index in [9.17, 15) is 18.0 Å². The number of aryl methyl sites for hydroxylation is 1. The van der Waals surface area contributed by atoms with E-state index in [2.05, 4.69) is 5.32 Å². The van der Waals surface area contributed by atoms with E-state index in [0.717, 1.165) is 17.5 Å². The van der Waals surface area contributed by atoms with Gasteiger partial charge in [0.05, 0.1) is 0 Å². The Balaban J connectivity index is 1.43. The van der Waals surface area contributed by atoms with Crippen LogP contribution in [-0.4, -0.2) is 17.9 Å². The van der Waals surface area contributed by atoms with E-state index in [1.807, 2.05) is 24.3 Å². The molecule has 1 saturated carbocycles. The molecule has 1 aliphatic rings. The van der Waals surface area contributed by atoms with E-state index in [1.54, 1.807) is 18.2 Å². The Morgan fingerprint density at radius 3 is 2.37 bits per heavy atom. The first-order valence-corrected chi connectivity index (χ1v) is 9.44. The minimum atomic E-state index is -2.57. The van der Waals surface area contributed by atoms with Crippen molar-refractivity contribution >= 4 is 5.91 Å². The summed E-state index contributed by atoms with van der Waals surface area (Å²) < 4.78 is 40.1. The summed E-state index contributed by atoms with van der Waals surface area (Å²) in [5.74, 6) is -2.90. The summed E-state index contributed by atoms with van der Waals surface area (Å²) in [4.78, 5) is 12.0. The molecule has 0 unspecified atom stereocenters. The molecule has 1 fully saturated rings. The number of halogens is 3. The molecule has 27 heavy (non-hydrogen) atoms. The average molecular weight is 375 g/mol. The largest absolute Gasteiger partial charge is 0.353 e. The topological polar surface area (TPSA) is 29.1 Å². The van der Waals surface area contributed by atoms with Crippen molar-refractivity contribution in [3.8, 4) is 11.1 Å². The molecule has 0 heterocycles. The molecule has 0 saturated heterocycles. The second kappa shape index (κ2) is 8.59. The maximum atomic E-state index is 13.8. The van der Waals surface area contributed by atoms with E-state index in [0.29, 0.717) is 31.2 Å². The van der Waals surface area contributed by atoms with Gasteiger partial charge in [0.2, 0.25) is 11.8 Å². The van der Waals surface area contributed by atoms with Crippen LogP contribution in [0, 0.1) is 5.82 Å². The minimum Gasteiger partial charge on any atom is -0.353 e. The lowest BCUT2D eigenvalue weighted by atomic mass is 9.92. The molecule has 2 aromatic rings. The van der Waals surface area contributed by atoms with Crippen LogP contribution in [0.15, 0.2) is 48.5 Å². The van der Waals surface area contributed by atoms with Crippen molar-refractivity contribution in [3.05, 3.63) is 59.9 Å². The SMILES string of the molecule is O=C(CCCc1ccc(-c2ccccc2F)cc1)NC1CCC(F)(F)CC1. The van der Waals surface area contributed by atoms with Crippen LogP contribution in [0.25, 0.3) is 11.1 Å². The van der Waals surface area contributed by atoms with Gasteiger partial charge in [0.15, 0.2) is 0 Å². The number of benzene rings is 2. The van der Waals surface area contributed by atoms with Crippen molar-refractivity contribution < 1.29 is 18.0 Å². The fourth-order valence-corrected chi connectivity index (χ4v) is 3.48. The predicted molar refractivity (Wildman–Crippen MR) is 100 cm³/mol. The van der Waals surface area contributed by atoms with Gasteiger partial charge in [-0.2, -0.15) is 0 Å². The number of amides is 1. The summed E-state index contributed by atoms with van der Waals surface area (Å²) in [5.41, 5.74) is 2.48. The summed E-state index contributed by atoms with van der Waals surface area (Å²) in [6.07, 6.45) is 2.20. The summed E-state index contributed by atoms with van der Waals surface area (Å²) in [6.45, 7) is 0. The molecule has 144 valence electrons. The van der Waals surface area contributed by atoms with Gasteiger partial charge in [-0.15, -0.1) is 0 Å². The monoisotopic (exact) mass is 375 g/mol. The third-order valence-corrected chi connectivity index (χ3v) is 5.09. The highest BCUT2D eigenvalue weighted by Gasteiger charge is 2.35. The van der Waals surface area contributed by atoms with Crippen LogP contribution in [0.1, 0.15) is 44.1 Å². The Hall–Kier alpha value is -2.30. The average Bonchev–Trinajstić information content (AvgIpc) is 2.65. The lowest BCUT2D eigenvalue weighted by molar-refractivity contribution is -0.123. The second-order valence-corrected chi connectivity index (χ2v) is 7.23. The lowest BCUT2D eigenvalue weighted by Gasteiger charge is -2.28. The van der Waals surface area contributed by atoms with Gasteiger partial charge in [-0.25, -0.2) is 13.2 Å². The number of carbonyl (C=O) groups excluding carboxylic acids is 1. The summed E-state index contributed by atoms with van der Waals surface area (Å²) in [6, 6.07) is 14.2. The summed E-state index contributed by atoms with van der Waals surface area (Å²) in [7, 11) is 0. The molecule has 0 spiro atoms. The van der Waals surface area contributed by atoms with E-state index in [4.69, 9.17) is 0 Å². The van der Waals surface area contributed by atoms with Gasteiger partial charge in [0.25, 0.3) is 0 Å². The molecule has 0 aromatic heterocycles. The molecule has 0 radical (unpaired) electrons. The van der Waals surface area contributed by atoms with Gasteiger partial charge in [-0.05, 0) is 42.9 Å². The number of hydrogen-bond donors (Lipinski definition) is 1. The first-order chi connectivity index (χ1) is 12.9. The zero-order valence-electron chi connectivity index (χ0n) is 15.2. The van der Waals surface area contributed by atoms with Crippen molar-refractivity contribution in [1.29, 1.82) is 0 Å². The van der Waals surface area contributed by atoms with Crippen molar-refractivity contribution in [2.75, 3.05) is 0 Å². The van der Waals surface area contributed by atoms with Gasteiger partial charge in [-0.3, -0.25) is 4.79 Å². The van der Waals surface area contributed by atoms with Crippen LogP contribution >= 0.6 is 0 Å². The van der Waals surface area contributed by atoms with Crippen LogP contribution in [0.3, 0.4) is 0 Å². The van der Waals surface area contributed by atoms with Gasteiger partial charge in [0.1, 0.15) is 5.82 Å². The molecule has 0 atom stereocenters. The predicted octanol–water partition coefficient (Wildman–Crippen LogP) is 5.51. The molecule has 0 bridgehead atoms. The molecule has 5 heteroatoms. The number of nitrogens with one attached hydrogen (secondary N) is 1. The highest BCUT2D eigenvalue weighted by Crippen LogP contribution is 2.33. The third kappa shape index (κ3) is 5.59. The van der Waals surface area contributed by atoms with Crippen LogP contribution in [0.4, 0.5) is 13.2 Å². The van der Waals surface area contributed by atoms with Crippen molar-refractivity contribution in [2.24, 2.45) is 0 Å². The van der Waals surface area contributed by atoms with Crippen LogP contribution in [0.5, 0.6) is 0 Å². The van der Waals surface area contributed by atoms with Crippen LogP contribution in [-0.2, 0) is 11.2 Å². The molecule has 2 aromatic carbocycles. The lowest BCUT2D eigenvalue weighted by Crippen LogP contribution is -2.40. The van der Waals surface area contributed by atoms with Gasteiger partial charge >= 0.3 is 0 Å². The number of alkyl halides is 2. The molecule has 0 aliphatic heterocycles. The molecular weight excluding hydrogens is 351 g/mol. The van der Waals surface area contributed by atoms with E-state index in [1.165, 1.54) is 6.07 Å². The van der Waals surface area contributed by atoms with Crippen LogP contribution < -0.4 is 5.32 Å². The zero-order valence-corrected chi connectivity index (χ0v) is 15.2. The molecule has 1 N–H and O–H groups in total. The highest BCUT2D eigenvalue weighted by molar-refractivity contribution is 5.76. The Bertz CT molecular complexity index is 763. The fourth-order valence-electron chi connectivity index (χ4n) is 3.48. The Morgan fingerprint density at radius 1 is 1.04 bits per heavy atom. The first-order valence-electron chi connectivity index (χ1n) is 9.44. The van der Waals surface area contributed by atoms with Crippen molar-refractivity contribution in [3.63, 3.8) is 0 Å². The second-order valence-electron chi connectivity index (χ2n) is 7.23. The number of rotatable bonds is 6. The summed E-state index contributed by atoms with van der Waals surface area (Å²) >= 11 is 0. The summed E-state index contributed by atoms with van der Waals surface area (Å²) in [5, 5.41) is 2.87. The van der Waals surface area contributed by atoms with E-state index < -0.39 is 5.92 Å². The number of hydrogen-bond acceptors (Lipinski definition) is 1. The first kappa shape index (κ1) is 19.5. The fraction of sp³-hybridized carbons (Fsp3) is 0.409. The quantitative estimate of drug-likeness (QED) is 0.709. The maximum absolute atomic E-state index is 13.8. The van der Waals surface area contributed by atoms with Gasteiger partial charge in [-0.1, -0.05) is 42.5 Å². The molecule has 2 nitrogen and oxygen atoms in total. The van der Waals surface area contributed by atoms with Crippen LogP contribution in [0.2, 0.25) is 0 Å².